The molecule has 1 aliphatic heterocycles. The summed E-state index contributed by atoms with van der Waals surface area (Å²) in [5, 5.41) is 10.7. The summed E-state index contributed by atoms with van der Waals surface area (Å²) in [4.78, 5) is 2.50. The van der Waals surface area contributed by atoms with Crippen molar-refractivity contribution in [2.45, 2.75) is 32.5 Å². The minimum Gasteiger partial charge on any atom is -0.497 e. The maximum atomic E-state index is 9.50. The number of ether oxygens (including phenoxy) is 1. The Hall–Kier alpha value is -1.52. The molecule has 1 fully saturated rings. The second-order valence-corrected chi connectivity index (χ2v) is 5.49. The lowest BCUT2D eigenvalue weighted by Crippen LogP contribution is -2.28. The summed E-state index contributed by atoms with van der Waals surface area (Å²) in [6.45, 7) is 3.32. The van der Waals surface area contributed by atoms with Gasteiger partial charge in [-0.2, -0.15) is 0 Å². The highest BCUT2D eigenvalue weighted by Crippen LogP contribution is 2.27. The molecule has 2 heterocycles. The van der Waals surface area contributed by atoms with Crippen LogP contribution in [0.5, 0.6) is 5.75 Å². The number of aliphatic hydroxyl groups excluding tert-OH is 1. The van der Waals surface area contributed by atoms with Gasteiger partial charge in [-0.15, -0.1) is 0 Å². The van der Waals surface area contributed by atoms with Gasteiger partial charge in [0.15, 0.2) is 0 Å². The van der Waals surface area contributed by atoms with Gasteiger partial charge in [-0.3, -0.25) is 4.90 Å². The van der Waals surface area contributed by atoms with Crippen LogP contribution in [0.25, 0.3) is 10.9 Å². The summed E-state index contributed by atoms with van der Waals surface area (Å²) < 4.78 is 7.22. The van der Waals surface area contributed by atoms with E-state index in [1.54, 1.807) is 7.11 Å². The Labute approximate surface area is 119 Å². The molecule has 0 amide bonds. The number of rotatable bonds is 4. The van der Waals surface area contributed by atoms with Crippen LogP contribution in [0.3, 0.4) is 0 Å². The molecule has 4 nitrogen and oxygen atoms in total. The van der Waals surface area contributed by atoms with Gasteiger partial charge in [0.2, 0.25) is 0 Å². The maximum absolute atomic E-state index is 9.50. The molecule has 20 heavy (non-hydrogen) atoms. The maximum Gasteiger partial charge on any atom is 0.119 e. The molecule has 3 rings (SSSR count). The van der Waals surface area contributed by atoms with Crippen LogP contribution in [-0.2, 0) is 13.3 Å². The molecular formula is C16H22N2O2. The van der Waals surface area contributed by atoms with E-state index in [1.807, 2.05) is 16.7 Å². The Bertz CT molecular complexity index is 585. The molecule has 2 aromatic rings. The average molecular weight is 274 g/mol. The van der Waals surface area contributed by atoms with Gasteiger partial charge in [0.05, 0.1) is 12.6 Å². The van der Waals surface area contributed by atoms with E-state index in [0.717, 1.165) is 17.8 Å². The van der Waals surface area contributed by atoms with Gasteiger partial charge >= 0.3 is 0 Å². The molecule has 1 aliphatic rings. The zero-order valence-electron chi connectivity index (χ0n) is 12.0. The van der Waals surface area contributed by atoms with Crippen LogP contribution in [0, 0.1) is 0 Å². The number of hydrogen-bond acceptors (Lipinski definition) is 3. The van der Waals surface area contributed by atoms with Gasteiger partial charge in [0.1, 0.15) is 12.5 Å². The van der Waals surface area contributed by atoms with Crippen molar-refractivity contribution in [1.82, 2.24) is 9.47 Å². The van der Waals surface area contributed by atoms with Crippen molar-refractivity contribution in [3.8, 4) is 5.75 Å². The van der Waals surface area contributed by atoms with Crippen molar-refractivity contribution < 1.29 is 9.84 Å². The van der Waals surface area contributed by atoms with Crippen LogP contribution >= 0.6 is 0 Å². The van der Waals surface area contributed by atoms with Gasteiger partial charge in [-0.05, 0) is 49.7 Å². The summed E-state index contributed by atoms with van der Waals surface area (Å²) in [6, 6.07) is 6.03. The van der Waals surface area contributed by atoms with Crippen LogP contribution in [-0.4, -0.2) is 34.8 Å². The quantitative estimate of drug-likeness (QED) is 0.931. The fourth-order valence-electron chi connectivity index (χ4n) is 3.08. The minimum atomic E-state index is 0.0167. The number of fused-ring (bicyclic) bond motifs is 1. The van der Waals surface area contributed by atoms with E-state index in [4.69, 9.17) is 4.74 Å². The van der Waals surface area contributed by atoms with E-state index in [9.17, 15) is 5.11 Å². The Morgan fingerprint density at radius 2 is 2.00 bits per heavy atom. The Kier molecular flexibility index (Phi) is 3.94. The standard InChI is InChI=1S/C16H22N2O2/c1-20-14-5-6-16-15(9-14)13(11-18(16)12-19)10-17-7-3-2-4-8-17/h5-6,9,11,19H,2-4,7-8,10,12H2,1H3. The third-order valence-electron chi connectivity index (χ3n) is 4.17. The monoisotopic (exact) mass is 274 g/mol. The predicted octanol–water partition coefficient (Wildman–Crippen LogP) is 2.59. The van der Waals surface area contributed by atoms with Gasteiger partial charge in [-0.1, -0.05) is 6.42 Å². The molecule has 0 atom stereocenters. The number of hydrogen-bond donors (Lipinski definition) is 1. The Balaban J connectivity index is 1.95. The summed E-state index contributed by atoms with van der Waals surface area (Å²) in [7, 11) is 1.69. The SMILES string of the molecule is COc1ccc2c(c1)c(CN1CCCCC1)cn2CO. The number of piperidine rings is 1. The molecule has 0 radical (unpaired) electrons. The fraction of sp³-hybridized carbons (Fsp3) is 0.500. The molecule has 108 valence electrons. The van der Waals surface area contributed by atoms with Crippen molar-refractivity contribution in [2.75, 3.05) is 20.2 Å². The molecule has 0 bridgehead atoms. The van der Waals surface area contributed by atoms with Crippen LogP contribution < -0.4 is 4.74 Å². The first-order valence-electron chi connectivity index (χ1n) is 7.31. The summed E-state index contributed by atoms with van der Waals surface area (Å²) >= 11 is 0. The van der Waals surface area contributed by atoms with Gasteiger partial charge in [-0.25, -0.2) is 0 Å². The first-order valence-corrected chi connectivity index (χ1v) is 7.31. The van der Waals surface area contributed by atoms with E-state index < -0.39 is 0 Å². The first kappa shape index (κ1) is 13.5. The predicted molar refractivity (Wildman–Crippen MR) is 79.8 cm³/mol. The van der Waals surface area contributed by atoms with Crippen molar-refractivity contribution in [1.29, 1.82) is 0 Å². The largest absolute Gasteiger partial charge is 0.497 e. The first-order chi connectivity index (χ1) is 9.81. The lowest BCUT2D eigenvalue weighted by atomic mass is 10.1. The lowest BCUT2D eigenvalue weighted by Gasteiger charge is -2.26. The summed E-state index contributed by atoms with van der Waals surface area (Å²) in [5.74, 6) is 0.869. The van der Waals surface area contributed by atoms with Crippen LogP contribution in [0.1, 0.15) is 24.8 Å². The molecule has 1 aromatic carbocycles. The summed E-state index contributed by atoms with van der Waals surface area (Å²) in [5.41, 5.74) is 2.34. The van der Waals surface area contributed by atoms with Crippen molar-refractivity contribution >= 4 is 10.9 Å². The Morgan fingerprint density at radius 1 is 1.20 bits per heavy atom. The molecule has 1 saturated heterocycles. The van der Waals surface area contributed by atoms with Gasteiger partial charge in [0.25, 0.3) is 0 Å². The second-order valence-electron chi connectivity index (χ2n) is 5.49. The fourth-order valence-corrected chi connectivity index (χ4v) is 3.08. The molecule has 0 aliphatic carbocycles. The zero-order chi connectivity index (χ0) is 13.9. The van der Waals surface area contributed by atoms with E-state index in [0.29, 0.717) is 0 Å². The lowest BCUT2D eigenvalue weighted by molar-refractivity contribution is 0.211. The van der Waals surface area contributed by atoms with Gasteiger partial charge < -0.3 is 14.4 Å². The molecule has 1 N–H and O–H groups in total. The molecule has 1 aromatic heterocycles. The zero-order valence-corrected chi connectivity index (χ0v) is 12.0. The van der Waals surface area contributed by atoms with E-state index in [1.165, 1.54) is 43.3 Å². The van der Waals surface area contributed by atoms with Crippen molar-refractivity contribution in [2.24, 2.45) is 0 Å². The van der Waals surface area contributed by atoms with Crippen molar-refractivity contribution in [3.05, 3.63) is 30.0 Å². The Morgan fingerprint density at radius 3 is 2.70 bits per heavy atom. The molecule has 0 saturated carbocycles. The number of aliphatic hydroxyl groups is 1. The van der Waals surface area contributed by atoms with Crippen LogP contribution in [0.4, 0.5) is 0 Å². The second kappa shape index (κ2) is 5.85. The van der Waals surface area contributed by atoms with Gasteiger partial charge in [0, 0.05) is 18.1 Å². The van der Waals surface area contributed by atoms with Crippen molar-refractivity contribution in [3.63, 3.8) is 0 Å². The highest BCUT2D eigenvalue weighted by Gasteiger charge is 2.15. The van der Waals surface area contributed by atoms with Crippen LogP contribution in [0.15, 0.2) is 24.4 Å². The number of aromatic nitrogens is 1. The number of benzene rings is 1. The molecule has 0 unspecified atom stereocenters. The smallest absolute Gasteiger partial charge is 0.119 e. The highest BCUT2D eigenvalue weighted by atomic mass is 16.5. The molecule has 0 spiro atoms. The number of methoxy groups -OCH3 is 1. The third kappa shape index (κ3) is 2.53. The minimum absolute atomic E-state index is 0.0167. The van der Waals surface area contributed by atoms with E-state index in [2.05, 4.69) is 17.2 Å². The average Bonchev–Trinajstić information content (AvgIpc) is 2.85. The summed E-state index contributed by atoms with van der Waals surface area (Å²) in [6.07, 6.45) is 6.01. The highest BCUT2D eigenvalue weighted by molar-refractivity contribution is 5.85. The number of nitrogens with zero attached hydrogens (tertiary/aromatic N) is 2. The third-order valence-corrected chi connectivity index (χ3v) is 4.17. The van der Waals surface area contributed by atoms with Crippen LogP contribution in [0.2, 0.25) is 0 Å². The number of likely N-dealkylation sites (tertiary alicyclic amines) is 1. The molecular weight excluding hydrogens is 252 g/mol. The topological polar surface area (TPSA) is 37.6 Å². The normalized spacial score (nSPS) is 16.7. The molecule has 4 heteroatoms. The van der Waals surface area contributed by atoms with E-state index in [-0.39, 0.29) is 6.73 Å². The van der Waals surface area contributed by atoms with E-state index >= 15 is 0 Å².